The highest BCUT2D eigenvalue weighted by Gasteiger charge is 2.28. The monoisotopic (exact) mass is 526 g/mol. The predicted octanol–water partition coefficient (Wildman–Crippen LogP) is 7.44. The van der Waals surface area contributed by atoms with E-state index in [0.717, 1.165) is 12.8 Å². The number of allylic oxidation sites excluding steroid dienone is 1. The van der Waals surface area contributed by atoms with Gasteiger partial charge in [0.05, 0.1) is 45.4 Å². The smallest absolute Gasteiger partial charge is 0.309 e. The van der Waals surface area contributed by atoms with E-state index in [4.69, 9.17) is 15.3 Å². The van der Waals surface area contributed by atoms with Crippen LogP contribution in [0.3, 0.4) is 0 Å². The van der Waals surface area contributed by atoms with Crippen LogP contribution in [0.4, 0.5) is 0 Å². The number of carboxylic acid groups (broad SMARTS) is 3. The molecule has 0 aliphatic rings. The second-order valence-electron chi connectivity index (χ2n) is 10.7. The normalized spacial score (nSPS) is 11.8. The topological polar surface area (TPSA) is 112 Å². The lowest BCUT2D eigenvalue weighted by atomic mass is 10.0. The minimum atomic E-state index is -0.953. The summed E-state index contributed by atoms with van der Waals surface area (Å²) in [6.45, 7) is 3.44. The van der Waals surface area contributed by atoms with Crippen molar-refractivity contribution in [1.82, 2.24) is 0 Å². The number of rotatable bonds is 28. The minimum Gasteiger partial charge on any atom is -0.481 e. The average Bonchev–Trinajstić information content (AvgIpc) is 2.85. The molecule has 0 aromatic carbocycles. The zero-order valence-electron chi connectivity index (χ0n) is 23.6. The van der Waals surface area contributed by atoms with Gasteiger partial charge < -0.3 is 19.8 Å². The molecule has 7 nitrogen and oxygen atoms in total. The molecule has 0 aromatic heterocycles. The molecule has 7 heteroatoms. The van der Waals surface area contributed by atoms with Crippen LogP contribution in [0.15, 0.2) is 12.2 Å². The van der Waals surface area contributed by atoms with Gasteiger partial charge in [0, 0.05) is 0 Å². The lowest BCUT2D eigenvalue weighted by Gasteiger charge is -2.37. The fraction of sp³-hybridized carbons (Fsp3) is 0.833. The van der Waals surface area contributed by atoms with Gasteiger partial charge in [-0.2, -0.15) is 0 Å². The summed E-state index contributed by atoms with van der Waals surface area (Å²) in [7, 11) is 0. The molecule has 0 radical (unpaired) electrons. The molecule has 37 heavy (non-hydrogen) atoms. The summed E-state index contributed by atoms with van der Waals surface area (Å²) >= 11 is 0. The van der Waals surface area contributed by atoms with Crippen molar-refractivity contribution in [2.75, 3.05) is 26.2 Å². The molecule has 0 saturated carbocycles. The molecule has 0 rings (SSSR count). The molecule has 0 aliphatic heterocycles. The summed E-state index contributed by atoms with van der Waals surface area (Å²) in [6, 6.07) is 0. The van der Waals surface area contributed by atoms with Crippen LogP contribution < -0.4 is 0 Å². The Morgan fingerprint density at radius 2 is 0.838 bits per heavy atom. The van der Waals surface area contributed by atoms with Crippen molar-refractivity contribution in [1.29, 1.82) is 0 Å². The van der Waals surface area contributed by atoms with Gasteiger partial charge >= 0.3 is 17.9 Å². The first-order valence-electron chi connectivity index (χ1n) is 15.0. The van der Waals surface area contributed by atoms with Gasteiger partial charge in [-0.15, -0.1) is 0 Å². The summed E-state index contributed by atoms with van der Waals surface area (Å²) < 4.78 is 0.181. The Hall–Kier alpha value is -1.89. The molecule has 0 spiro atoms. The van der Waals surface area contributed by atoms with Crippen molar-refractivity contribution >= 4 is 17.9 Å². The Morgan fingerprint density at radius 1 is 0.514 bits per heavy atom. The molecule has 3 N–H and O–H groups in total. The number of hydrogen-bond acceptors (Lipinski definition) is 3. The number of unbranched alkanes of at least 4 members (excludes halogenated alkanes) is 16. The largest absolute Gasteiger partial charge is 0.481 e. The maximum atomic E-state index is 11.1. The highest BCUT2D eigenvalue weighted by Crippen LogP contribution is 2.15. The summed E-state index contributed by atoms with van der Waals surface area (Å²) in [5.74, 6) is -2.86. The van der Waals surface area contributed by atoms with Gasteiger partial charge in [-0.05, 0) is 18.9 Å². The number of hydrogen-bond donors (Lipinski definition) is 3. The van der Waals surface area contributed by atoms with Crippen LogP contribution in [0.25, 0.3) is 0 Å². The molecule has 0 unspecified atom stereocenters. The quantitative estimate of drug-likeness (QED) is 0.0555. The van der Waals surface area contributed by atoms with E-state index in [2.05, 4.69) is 13.0 Å². The van der Waals surface area contributed by atoms with Crippen molar-refractivity contribution in [3.05, 3.63) is 12.2 Å². The second-order valence-corrected chi connectivity index (χ2v) is 10.7. The van der Waals surface area contributed by atoms with E-state index < -0.39 is 17.9 Å². The molecule has 0 fully saturated rings. The van der Waals surface area contributed by atoms with E-state index in [0.29, 0.717) is 6.54 Å². The van der Waals surface area contributed by atoms with Gasteiger partial charge in [0.15, 0.2) is 0 Å². The Morgan fingerprint density at radius 3 is 1.16 bits per heavy atom. The van der Waals surface area contributed by atoms with Crippen molar-refractivity contribution in [2.24, 2.45) is 0 Å². The van der Waals surface area contributed by atoms with Crippen LogP contribution in [0.1, 0.15) is 135 Å². The fourth-order valence-electron chi connectivity index (χ4n) is 4.83. The van der Waals surface area contributed by atoms with Gasteiger partial charge in [-0.25, -0.2) is 0 Å². The van der Waals surface area contributed by atoms with Crippen LogP contribution in [-0.4, -0.2) is 63.9 Å². The molecule has 0 amide bonds. The number of aliphatic carboxylic acids is 3. The number of nitrogens with zero attached hydrogens (tertiary/aromatic N) is 1. The molecule has 0 bridgehead atoms. The van der Waals surface area contributed by atoms with E-state index >= 15 is 0 Å². The van der Waals surface area contributed by atoms with E-state index in [1.165, 1.54) is 96.3 Å². The van der Waals surface area contributed by atoms with Crippen LogP contribution in [-0.2, 0) is 14.4 Å². The first-order chi connectivity index (χ1) is 17.8. The highest BCUT2D eigenvalue weighted by molar-refractivity contribution is 5.67. The van der Waals surface area contributed by atoms with E-state index in [1.54, 1.807) is 0 Å². The van der Waals surface area contributed by atoms with Gasteiger partial charge in [0.1, 0.15) is 0 Å². The Labute approximate surface area is 225 Å². The molecular weight excluding hydrogens is 470 g/mol. The lowest BCUT2D eigenvalue weighted by Crippen LogP contribution is -2.51. The first-order valence-corrected chi connectivity index (χ1v) is 15.0. The molecule has 0 aliphatic carbocycles. The minimum absolute atomic E-state index is 0.105. The third kappa shape index (κ3) is 24.2. The fourth-order valence-corrected chi connectivity index (χ4v) is 4.83. The van der Waals surface area contributed by atoms with Gasteiger partial charge in [-0.1, -0.05) is 109 Å². The maximum Gasteiger partial charge on any atom is 0.309 e. The average molecular weight is 527 g/mol. The first kappa shape index (κ1) is 35.1. The predicted molar refractivity (Wildman–Crippen MR) is 150 cm³/mol. The van der Waals surface area contributed by atoms with E-state index in [1.807, 2.05) is 6.08 Å². The van der Waals surface area contributed by atoms with Crippen molar-refractivity contribution in [3.63, 3.8) is 0 Å². The van der Waals surface area contributed by atoms with E-state index in [9.17, 15) is 14.4 Å². The Kier molecular flexibility index (Phi) is 23.2. The lowest BCUT2D eigenvalue weighted by molar-refractivity contribution is -0.921. The third-order valence-electron chi connectivity index (χ3n) is 7.28. The van der Waals surface area contributed by atoms with Gasteiger partial charge in [0.25, 0.3) is 0 Å². The molecular formula is C30H56NO6+. The zero-order valence-corrected chi connectivity index (χ0v) is 23.6. The SMILES string of the molecule is CCCCCCCCCCCCCCCCCC/C=C/C[N+](CCC(=O)O)(CCC(=O)O)CCC(=O)O. The van der Waals surface area contributed by atoms with Crippen molar-refractivity contribution in [2.45, 2.75) is 135 Å². The molecule has 0 heterocycles. The standard InChI is InChI=1S/C30H55NO6/c1-2-3-4-5-6-7-8-9-10-11-12-13-14-15-16-17-18-19-20-24-31(25-21-28(32)33,26-22-29(34)35)27-23-30(36)37/h19-20H,2-18,21-27H2,1H3,(H2-,32,33,34,35,36,37)/p+1/b20-19+. The summed E-state index contributed by atoms with van der Waals surface area (Å²) in [5.41, 5.74) is 0. The third-order valence-corrected chi connectivity index (χ3v) is 7.28. The number of carbonyl (C=O) groups is 3. The number of carboxylic acids is 3. The number of quaternary nitrogens is 1. The second kappa shape index (κ2) is 24.4. The maximum absolute atomic E-state index is 11.1. The van der Waals surface area contributed by atoms with Crippen LogP contribution in [0.2, 0.25) is 0 Å². The summed E-state index contributed by atoms with van der Waals surface area (Å²) in [6.07, 6.45) is 26.1. The highest BCUT2D eigenvalue weighted by atomic mass is 16.4. The molecule has 0 atom stereocenters. The Bertz CT molecular complexity index is 574. The summed E-state index contributed by atoms with van der Waals surface area (Å²) in [4.78, 5) is 33.3. The van der Waals surface area contributed by atoms with Crippen LogP contribution in [0, 0.1) is 0 Å². The van der Waals surface area contributed by atoms with Gasteiger partial charge in [-0.3, -0.25) is 14.4 Å². The molecule has 216 valence electrons. The summed E-state index contributed by atoms with van der Waals surface area (Å²) in [5, 5.41) is 27.3. The van der Waals surface area contributed by atoms with Crippen LogP contribution in [0.5, 0.6) is 0 Å². The molecule has 0 aromatic rings. The molecule has 0 saturated heterocycles. The van der Waals surface area contributed by atoms with Gasteiger partial charge in [0.2, 0.25) is 0 Å². The van der Waals surface area contributed by atoms with Crippen molar-refractivity contribution in [3.8, 4) is 0 Å². The van der Waals surface area contributed by atoms with Crippen LogP contribution >= 0.6 is 0 Å². The van der Waals surface area contributed by atoms with E-state index in [-0.39, 0.29) is 43.4 Å². The Balaban J connectivity index is 4.00. The van der Waals surface area contributed by atoms with Crippen molar-refractivity contribution < 1.29 is 34.2 Å². The zero-order chi connectivity index (χ0) is 27.6.